The van der Waals surface area contributed by atoms with Gasteiger partial charge in [0.2, 0.25) is 0 Å². The zero-order chi connectivity index (χ0) is 14.3. The quantitative estimate of drug-likeness (QED) is 0.796. The molecule has 7 heteroatoms. The van der Waals surface area contributed by atoms with Gasteiger partial charge in [-0.2, -0.15) is 5.10 Å². The van der Waals surface area contributed by atoms with Crippen LogP contribution in [0.5, 0.6) is 0 Å². The normalized spacial score (nSPS) is 31.5. The van der Waals surface area contributed by atoms with Gasteiger partial charge in [0.05, 0.1) is 30.6 Å². The van der Waals surface area contributed by atoms with Crippen LogP contribution in [-0.4, -0.2) is 34.6 Å². The Morgan fingerprint density at radius 2 is 2.50 bits per heavy atom. The van der Waals surface area contributed by atoms with Crippen LogP contribution in [-0.2, 0) is 11.3 Å². The number of allylic oxidation sites excluding steroid dienone is 1. The number of hydrogen-bond donors (Lipinski definition) is 2. The average Bonchev–Trinajstić information content (AvgIpc) is 2.88. The molecule has 3 N–H and O–H groups in total. The maximum absolute atomic E-state index is 12.0. The number of anilines is 1. The number of nitrogens with two attached hydrogens (primary N) is 1. The fraction of sp³-hybridized carbons (Fsp3) is 0.538. The van der Waals surface area contributed by atoms with Crippen molar-refractivity contribution in [1.29, 1.82) is 0 Å². The van der Waals surface area contributed by atoms with Crippen molar-refractivity contribution in [2.75, 3.05) is 11.9 Å². The molecule has 0 amide bonds. The van der Waals surface area contributed by atoms with Crippen molar-refractivity contribution < 1.29 is 4.74 Å². The Kier molecular flexibility index (Phi) is 3.54. The van der Waals surface area contributed by atoms with Crippen LogP contribution in [0.25, 0.3) is 0 Å². The molecule has 2 heterocycles. The predicted molar refractivity (Wildman–Crippen MR) is 76.9 cm³/mol. The van der Waals surface area contributed by atoms with Gasteiger partial charge in [-0.3, -0.25) is 4.79 Å². The number of nitrogens with one attached hydrogen (secondary N) is 1. The Labute approximate surface area is 121 Å². The third-order valence-electron chi connectivity index (χ3n) is 4.06. The lowest BCUT2D eigenvalue weighted by Gasteiger charge is -2.46. The first-order valence-electron chi connectivity index (χ1n) is 6.63. The molecule has 0 spiro atoms. The highest BCUT2D eigenvalue weighted by Crippen LogP contribution is 2.39. The minimum Gasteiger partial charge on any atom is -0.376 e. The topological polar surface area (TPSA) is 82.2 Å². The molecule has 2 fully saturated rings. The third-order valence-corrected chi connectivity index (χ3v) is 4.42. The summed E-state index contributed by atoms with van der Waals surface area (Å²) < 4.78 is 6.90. The van der Waals surface area contributed by atoms with Crippen molar-refractivity contribution >= 4 is 17.3 Å². The van der Waals surface area contributed by atoms with Crippen LogP contribution in [0.15, 0.2) is 23.6 Å². The second-order valence-corrected chi connectivity index (χ2v) is 5.56. The summed E-state index contributed by atoms with van der Waals surface area (Å²) in [5.41, 5.74) is 6.29. The number of hydrogen-bond acceptors (Lipinski definition) is 5. The standard InChI is InChI=1S/C13H17ClN4O2/c1-2-4-18-13(19)9(14)8(6-16-18)17-11-10(15)7-3-5-20-12(7)11/h2,6-7,10-12,17H,1,3-5,15H2. The molecule has 6 nitrogen and oxygen atoms in total. The van der Waals surface area contributed by atoms with E-state index < -0.39 is 0 Å². The maximum atomic E-state index is 12.0. The molecule has 1 saturated heterocycles. The van der Waals surface area contributed by atoms with Crippen LogP contribution in [0.2, 0.25) is 5.02 Å². The number of fused-ring (bicyclic) bond motifs is 1. The minimum absolute atomic E-state index is 0.0172. The fourth-order valence-electron chi connectivity index (χ4n) is 2.93. The zero-order valence-corrected chi connectivity index (χ0v) is 11.7. The van der Waals surface area contributed by atoms with Crippen molar-refractivity contribution in [3.8, 4) is 0 Å². The third kappa shape index (κ3) is 2.04. The van der Waals surface area contributed by atoms with Crippen molar-refractivity contribution in [3.05, 3.63) is 34.2 Å². The molecule has 0 aromatic carbocycles. The van der Waals surface area contributed by atoms with E-state index in [1.807, 2.05) is 0 Å². The highest BCUT2D eigenvalue weighted by atomic mass is 35.5. The van der Waals surface area contributed by atoms with Crippen molar-refractivity contribution in [1.82, 2.24) is 9.78 Å². The molecule has 4 unspecified atom stereocenters. The first kappa shape index (κ1) is 13.6. The van der Waals surface area contributed by atoms with Gasteiger partial charge in [-0.25, -0.2) is 4.68 Å². The second kappa shape index (κ2) is 5.20. The summed E-state index contributed by atoms with van der Waals surface area (Å²) in [6, 6.07) is 0.00521. The fourth-order valence-corrected chi connectivity index (χ4v) is 3.13. The van der Waals surface area contributed by atoms with E-state index in [9.17, 15) is 4.79 Å². The zero-order valence-electron chi connectivity index (χ0n) is 11.0. The van der Waals surface area contributed by atoms with Gasteiger partial charge in [-0.05, 0) is 6.42 Å². The van der Waals surface area contributed by atoms with Crippen LogP contribution in [0, 0.1) is 5.92 Å². The Bertz CT molecular complexity index is 588. The molecule has 1 aromatic rings. The van der Waals surface area contributed by atoms with Crippen LogP contribution in [0.4, 0.5) is 5.69 Å². The Balaban J connectivity index is 1.80. The van der Waals surface area contributed by atoms with E-state index in [1.54, 1.807) is 12.3 Å². The lowest BCUT2D eigenvalue weighted by atomic mass is 9.72. The summed E-state index contributed by atoms with van der Waals surface area (Å²) in [7, 11) is 0. The molecule has 1 saturated carbocycles. The number of aromatic nitrogens is 2. The summed E-state index contributed by atoms with van der Waals surface area (Å²) in [5.74, 6) is 0.403. The monoisotopic (exact) mass is 296 g/mol. The second-order valence-electron chi connectivity index (χ2n) is 5.18. The van der Waals surface area contributed by atoms with Crippen LogP contribution in [0.3, 0.4) is 0 Å². The van der Waals surface area contributed by atoms with Gasteiger partial charge in [0.25, 0.3) is 5.56 Å². The molecule has 1 aliphatic heterocycles. The molecule has 2 aliphatic rings. The predicted octanol–water partition coefficient (Wildman–Crippen LogP) is 0.609. The minimum atomic E-state index is -0.339. The molecule has 1 aromatic heterocycles. The number of ether oxygens (including phenoxy) is 1. The van der Waals surface area contributed by atoms with E-state index >= 15 is 0 Å². The van der Waals surface area contributed by atoms with Gasteiger partial charge in [0.1, 0.15) is 5.02 Å². The number of halogens is 1. The molecular formula is C13H17ClN4O2. The molecule has 108 valence electrons. The van der Waals surface area contributed by atoms with Gasteiger partial charge >= 0.3 is 0 Å². The SMILES string of the molecule is C=CCn1ncc(NC2C(N)C3CCOC32)c(Cl)c1=O. The molecule has 0 radical (unpaired) electrons. The van der Waals surface area contributed by atoms with Crippen molar-refractivity contribution in [2.45, 2.75) is 31.2 Å². The molecule has 3 rings (SSSR count). The summed E-state index contributed by atoms with van der Waals surface area (Å²) in [6.45, 7) is 4.65. The first-order valence-corrected chi connectivity index (χ1v) is 7.01. The van der Waals surface area contributed by atoms with E-state index in [-0.39, 0.29) is 28.8 Å². The van der Waals surface area contributed by atoms with Crippen molar-refractivity contribution in [3.63, 3.8) is 0 Å². The van der Waals surface area contributed by atoms with Crippen molar-refractivity contribution in [2.24, 2.45) is 11.7 Å². The summed E-state index contributed by atoms with van der Waals surface area (Å²) in [4.78, 5) is 12.0. The summed E-state index contributed by atoms with van der Waals surface area (Å²) in [5, 5.41) is 7.37. The smallest absolute Gasteiger partial charge is 0.287 e. The largest absolute Gasteiger partial charge is 0.376 e. The van der Waals surface area contributed by atoms with E-state index in [1.165, 1.54) is 4.68 Å². The van der Waals surface area contributed by atoms with Crippen LogP contribution >= 0.6 is 11.6 Å². The lowest BCUT2D eigenvalue weighted by molar-refractivity contribution is 0.00536. The number of rotatable bonds is 4. The highest BCUT2D eigenvalue weighted by Gasteiger charge is 2.52. The summed E-state index contributed by atoms with van der Waals surface area (Å²) in [6.07, 6.45) is 4.24. The van der Waals surface area contributed by atoms with Gasteiger partial charge in [-0.15, -0.1) is 6.58 Å². The Hall–Kier alpha value is -1.37. The first-order chi connectivity index (χ1) is 9.63. The van der Waals surface area contributed by atoms with Gasteiger partial charge in [-0.1, -0.05) is 17.7 Å². The van der Waals surface area contributed by atoms with Crippen LogP contribution < -0.4 is 16.6 Å². The maximum Gasteiger partial charge on any atom is 0.287 e. The average molecular weight is 297 g/mol. The van der Waals surface area contributed by atoms with E-state index in [4.69, 9.17) is 22.1 Å². The molecule has 20 heavy (non-hydrogen) atoms. The highest BCUT2D eigenvalue weighted by molar-refractivity contribution is 6.32. The molecule has 0 bridgehead atoms. The van der Waals surface area contributed by atoms with Gasteiger partial charge in [0, 0.05) is 18.6 Å². The van der Waals surface area contributed by atoms with E-state index in [2.05, 4.69) is 17.0 Å². The summed E-state index contributed by atoms with van der Waals surface area (Å²) >= 11 is 6.10. The van der Waals surface area contributed by atoms with Gasteiger partial charge in [0.15, 0.2) is 0 Å². The lowest BCUT2D eigenvalue weighted by Crippen LogP contribution is -2.65. The molecule has 1 aliphatic carbocycles. The Morgan fingerprint density at radius 3 is 3.25 bits per heavy atom. The van der Waals surface area contributed by atoms with E-state index in [0.29, 0.717) is 18.2 Å². The molecular weight excluding hydrogens is 280 g/mol. The van der Waals surface area contributed by atoms with Crippen LogP contribution in [0.1, 0.15) is 6.42 Å². The molecule has 4 atom stereocenters. The van der Waals surface area contributed by atoms with Gasteiger partial charge < -0.3 is 15.8 Å². The Morgan fingerprint density at radius 1 is 1.70 bits per heavy atom. The van der Waals surface area contributed by atoms with E-state index in [0.717, 1.165) is 13.0 Å². The number of nitrogens with zero attached hydrogens (tertiary/aromatic N) is 2.